The molecule has 2 aliphatic rings. The molecule has 1 fully saturated rings. The van der Waals surface area contributed by atoms with Crippen LogP contribution in [-0.4, -0.2) is 33.4 Å². The average Bonchev–Trinajstić information content (AvgIpc) is 3.06. The molecule has 0 spiro atoms. The minimum Gasteiger partial charge on any atom is -0.351 e. The summed E-state index contributed by atoms with van der Waals surface area (Å²) in [5.41, 5.74) is 2.15. The average molecular weight is 330 g/mol. The van der Waals surface area contributed by atoms with Crippen LogP contribution in [0.3, 0.4) is 0 Å². The number of nitrogens with one attached hydrogen (secondary N) is 1. The van der Waals surface area contributed by atoms with Gasteiger partial charge < -0.3 is 9.88 Å². The van der Waals surface area contributed by atoms with Gasteiger partial charge in [-0.2, -0.15) is 0 Å². The van der Waals surface area contributed by atoms with Crippen LogP contribution in [0.2, 0.25) is 0 Å². The molecule has 4 rings (SSSR count). The van der Waals surface area contributed by atoms with Gasteiger partial charge in [-0.1, -0.05) is 6.07 Å². The highest BCUT2D eigenvalue weighted by Gasteiger charge is 2.35. The molecule has 2 aromatic rings. The van der Waals surface area contributed by atoms with Crippen LogP contribution in [0.1, 0.15) is 35.0 Å². The molecule has 1 aliphatic heterocycles. The molecule has 1 N–H and O–H groups in total. The maximum absolute atomic E-state index is 12.8. The molecule has 0 aromatic carbocycles. The summed E-state index contributed by atoms with van der Waals surface area (Å²) in [4.78, 5) is 20.9. The molecule has 1 unspecified atom stereocenters. The Morgan fingerprint density at radius 3 is 3.09 bits per heavy atom. The lowest BCUT2D eigenvalue weighted by atomic mass is 9.97. The van der Waals surface area contributed by atoms with E-state index in [4.69, 9.17) is 0 Å². The first-order valence-electron chi connectivity index (χ1n) is 8.23. The Morgan fingerprint density at radius 1 is 1.48 bits per heavy atom. The lowest BCUT2D eigenvalue weighted by Gasteiger charge is -2.32. The third-order valence-electron chi connectivity index (χ3n) is 4.75. The standard InChI is InChI=1S/C17H22N4OS/c1-20-11-19-15-10-21(8-12-4-5-12)9-14(16(15)20)17(22)18-7-13-3-2-6-23-13/h2-3,6,11-12,14H,4-5,7-10H2,1H3,(H,18,22). The topological polar surface area (TPSA) is 50.2 Å². The second-order valence-corrected chi connectivity index (χ2v) is 7.71. The fraction of sp³-hybridized carbons (Fsp3) is 0.529. The van der Waals surface area contributed by atoms with Gasteiger partial charge in [-0.05, 0) is 30.2 Å². The molecule has 0 bridgehead atoms. The van der Waals surface area contributed by atoms with Gasteiger partial charge in [0.2, 0.25) is 5.91 Å². The molecule has 0 radical (unpaired) electrons. The van der Waals surface area contributed by atoms with Crippen molar-refractivity contribution in [1.82, 2.24) is 19.8 Å². The van der Waals surface area contributed by atoms with Crippen LogP contribution in [0.25, 0.3) is 0 Å². The smallest absolute Gasteiger partial charge is 0.230 e. The molecule has 1 saturated carbocycles. The Bertz CT molecular complexity index is 690. The Hall–Kier alpha value is -1.66. The number of aryl methyl sites for hydroxylation is 1. The van der Waals surface area contributed by atoms with Gasteiger partial charge in [0.25, 0.3) is 0 Å². The van der Waals surface area contributed by atoms with E-state index in [1.54, 1.807) is 11.3 Å². The number of thiophene rings is 1. The molecule has 6 heteroatoms. The van der Waals surface area contributed by atoms with E-state index in [-0.39, 0.29) is 11.8 Å². The number of carbonyl (C=O) groups excluding carboxylic acids is 1. The van der Waals surface area contributed by atoms with E-state index in [0.717, 1.165) is 36.9 Å². The van der Waals surface area contributed by atoms with Gasteiger partial charge in [0, 0.05) is 31.6 Å². The fourth-order valence-electron chi connectivity index (χ4n) is 3.40. The van der Waals surface area contributed by atoms with Crippen molar-refractivity contribution >= 4 is 17.2 Å². The summed E-state index contributed by atoms with van der Waals surface area (Å²) in [6, 6.07) is 4.07. The molecule has 1 aliphatic carbocycles. The van der Waals surface area contributed by atoms with Gasteiger partial charge in [0.05, 0.1) is 30.2 Å². The maximum atomic E-state index is 12.8. The van der Waals surface area contributed by atoms with Gasteiger partial charge in [0.1, 0.15) is 0 Å². The summed E-state index contributed by atoms with van der Waals surface area (Å²) in [5.74, 6) is 0.823. The Balaban J connectivity index is 1.49. The number of aromatic nitrogens is 2. The quantitative estimate of drug-likeness (QED) is 0.913. The van der Waals surface area contributed by atoms with Crippen LogP contribution in [0.15, 0.2) is 23.8 Å². The predicted molar refractivity (Wildman–Crippen MR) is 90.1 cm³/mol. The largest absolute Gasteiger partial charge is 0.351 e. The van der Waals surface area contributed by atoms with E-state index >= 15 is 0 Å². The highest BCUT2D eigenvalue weighted by Crippen LogP contribution is 2.34. The number of imidazole rings is 1. The third kappa shape index (κ3) is 3.19. The molecule has 3 heterocycles. The lowest BCUT2D eigenvalue weighted by Crippen LogP contribution is -2.42. The predicted octanol–water partition coefficient (Wildman–Crippen LogP) is 2.11. The van der Waals surface area contributed by atoms with Gasteiger partial charge in [-0.15, -0.1) is 11.3 Å². The minimum absolute atomic E-state index is 0.115. The van der Waals surface area contributed by atoms with Crippen LogP contribution in [0, 0.1) is 5.92 Å². The molecule has 1 amide bonds. The number of hydrogen-bond acceptors (Lipinski definition) is 4. The second kappa shape index (κ2) is 6.09. The van der Waals surface area contributed by atoms with E-state index in [0.29, 0.717) is 6.54 Å². The number of carbonyl (C=O) groups is 1. The van der Waals surface area contributed by atoms with Crippen molar-refractivity contribution in [2.75, 3.05) is 13.1 Å². The Kier molecular flexibility index (Phi) is 3.95. The molecule has 0 saturated heterocycles. The third-order valence-corrected chi connectivity index (χ3v) is 5.63. The number of nitrogens with zero attached hydrogens (tertiary/aromatic N) is 3. The van der Waals surface area contributed by atoms with E-state index in [2.05, 4.69) is 21.3 Å². The molecule has 2 aromatic heterocycles. The number of fused-ring (bicyclic) bond motifs is 1. The van der Waals surface area contributed by atoms with Crippen molar-refractivity contribution in [3.63, 3.8) is 0 Å². The first-order chi connectivity index (χ1) is 11.2. The SMILES string of the molecule is Cn1cnc2c1C(C(=O)NCc1cccs1)CN(CC1CC1)C2. The Labute approximate surface area is 140 Å². The van der Waals surface area contributed by atoms with Gasteiger partial charge in [0.15, 0.2) is 0 Å². The first kappa shape index (κ1) is 14.9. The zero-order chi connectivity index (χ0) is 15.8. The molecule has 1 atom stereocenters. The van der Waals surface area contributed by atoms with Gasteiger partial charge in [-0.3, -0.25) is 9.69 Å². The molecule has 5 nitrogen and oxygen atoms in total. The van der Waals surface area contributed by atoms with E-state index < -0.39 is 0 Å². The zero-order valence-electron chi connectivity index (χ0n) is 13.4. The fourth-order valence-corrected chi connectivity index (χ4v) is 4.04. The summed E-state index contributed by atoms with van der Waals surface area (Å²) in [6.07, 6.45) is 4.51. The molecular formula is C17H22N4OS. The van der Waals surface area contributed by atoms with Crippen LogP contribution in [0.4, 0.5) is 0 Å². The van der Waals surface area contributed by atoms with E-state index in [1.807, 2.05) is 29.4 Å². The van der Waals surface area contributed by atoms with Crippen molar-refractivity contribution in [2.45, 2.75) is 31.8 Å². The van der Waals surface area contributed by atoms with Crippen molar-refractivity contribution in [2.24, 2.45) is 13.0 Å². The van der Waals surface area contributed by atoms with Crippen molar-refractivity contribution in [3.05, 3.63) is 40.1 Å². The van der Waals surface area contributed by atoms with Crippen molar-refractivity contribution in [3.8, 4) is 0 Å². The number of amides is 1. The van der Waals surface area contributed by atoms with Crippen molar-refractivity contribution < 1.29 is 4.79 Å². The second-order valence-electron chi connectivity index (χ2n) is 6.67. The summed E-state index contributed by atoms with van der Waals surface area (Å²) in [7, 11) is 1.99. The molecule has 122 valence electrons. The number of hydrogen-bond donors (Lipinski definition) is 1. The summed E-state index contributed by atoms with van der Waals surface area (Å²) in [6.45, 7) is 3.40. The van der Waals surface area contributed by atoms with Crippen LogP contribution < -0.4 is 5.32 Å². The van der Waals surface area contributed by atoms with Crippen LogP contribution >= 0.6 is 11.3 Å². The summed E-state index contributed by atoms with van der Waals surface area (Å²) in [5, 5.41) is 5.15. The van der Waals surface area contributed by atoms with Gasteiger partial charge >= 0.3 is 0 Å². The van der Waals surface area contributed by atoms with Crippen molar-refractivity contribution in [1.29, 1.82) is 0 Å². The monoisotopic (exact) mass is 330 g/mol. The van der Waals surface area contributed by atoms with Crippen LogP contribution in [-0.2, 0) is 24.9 Å². The lowest BCUT2D eigenvalue weighted by molar-refractivity contribution is -0.123. The van der Waals surface area contributed by atoms with Gasteiger partial charge in [-0.25, -0.2) is 4.98 Å². The highest BCUT2D eigenvalue weighted by atomic mass is 32.1. The first-order valence-corrected chi connectivity index (χ1v) is 9.11. The normalized spacial score (nSPS) is 21.2. The summed E-state index contributed by atoms with van der Waals surface area (Å²) < 4.78 is 2.01. The molecule has 23 heavy (non-hydrogen) atoms. The molecular weight excluding hydrogens is 308 g/mol. The number of rotatable bonds is 5. The zero-order valence-corrected chi connectivity index (χ0v) is 14.2. The Morgan fingerprint density at radius 2 is 2.35 bits per heavy atom. The van der Waals surface area contributed by atoms with E-state index in [1.165, 1.54) is 17.7 Å². The maximum Gasteiger partial charge on any atom is 0.230 e. The van der Waals surface area contributed by atoms with E-state index in [9.17, 15) is 4.79 Å². The summed E-state index contributed by atoms with van der Waals surface area (Å²) >= 11 is 1.68. The minimum atomic E-state index is -0.120. The van der Waals surface area contributed by atoms with Crippen LogP contribution in [0.5, 0.6) is 0 Å². The highest BCUT2D eigenvalue weighted by molar-refractivity contribution is 7.09.